The summed E-state index contributed by atoms with van der Waals surface area (Å²) in [6, 6.07) is 6.18. The van der Waals surface area contributed by atoms with E-state index in [0.717, 1.165) is 18.4 Å². The predicted octanol–water partition coefficient (Wildman–Crippen LogP) is 2.93. The molecule has 154 valence electrons. The lowest BCUT2D eigenvalue weighted by atomic mass is 10.0. The second kappa shape index (κ2) is 7.21. The molecule has 1 aliphatic carbocycles. The molecular formula is C20H17F2N5O3. The van der Waals surface area contributed by atoms with Crippen molar-refractivity contribution in [1.29, 1.82) is 0 Å². The Hall–Kier alpha value is -3.27. The van der Waals surface area contributed by atoms with Gasteiger partial charge in [-0.15, -0.1) is 10.2 Å². The summed E-state index contributed by atoms with van der Waals surface area (Å²) in [4.78, 5) is 23.1. The van der Waals surface area contributed by atoms with Crippen molar-refractivity contribution in [2.45, 2.75) is 38.0 Å². The summed E-state index contributed by atoms with van der Waals surface area (Å²) in [5, 5.41) is 17.9. The summed E-state index contributed by atoms with van der Waals surface area (Å²) in [6.45, 7) is 0.339. The molecule has 2 aromatic heterocycles. The predicted molar refractivity (Wildman–Crippen MR) is 98.1 cm³/mol. The summed E-state index contributed by atoms with van der Waals surface area (Å²) in [7, 11) is 0. The zero-order valence-corrected chi connectivity index (χ0v) is 15.7. The summed E-state index contributed by atoms with van der Waals surface area (Å²) in [6.07, 6.45) is 1.08. The standard InChI is InChI=1S/C20H17F2N5O3/c21-16(22)19-26-25-18(30-19)11-4-5-12-9-27(20(29)13(12)8-11)14(10-2-3-10)15(28)17-23-6-1-7-24-17/h1,4-8,10,14-16,28H,2-3,9H2/t14-,15-/m1/s1. The van der Waals surface area contributed by atoms with Crippen LogP contribution < -0.4 is 0 Å². The van der Waals surface area contributed by atoms with Crippen LogP contribution in [-0.4, -0.2) is 42.1 Å². The Bertz CT molecular complexity index is 1090. The molecular weight excluding hydrogens is 396 g/mol. The van der Waals surface area contributed by atoms with Gasteiger partial charge in [0.15, 0.2) is 5.82 Å². The molecule has 1 saturated carbocycles. The first-order valence-electron chi connectivity index (χ1n) is 9.53. The SMILES string of the molecule is O=C1c2cc(-c3nnc(C(F)F)o3)ccc2CN1[C@H](C1CC1)[C@@H](O)c1ncccn1. The van der Waals surface area contributed by atoms with Crippen molar-refractivity contribution in [3.8, 4) is 11.5 Å². The Morgan fingerprint density at radius 3 is 2.60 bits per heavy atom. The van der Waals surface area contributed by atoms with Gasteiger partial charge in [0.2, 0.25) is 5.89 Å². The number of halogens is 2. The quantitative estimate of drug-likeness (QED) is 0.662. The number of rotatable bonds is 6. The molecule has 2 aliphatic rings. The molecule has 0 bridgehead atoms. The molecule has 30 heavy (non-hydrogen) atoms. The minimum Gasteiger partial charge on any atom is -0.415 e. The third kappa shape index (κ3) is 3.22. The summed E-state index contributed by atoms with van der Waals surface area (Å²) in [5.41, 5.74) is 1.60. The molecule has 0 saturated heterocycles. The fourth-order valence-electron chi connectivity index (χ4n) is 3.87. The Labute approximate surface area is 169 Å². The second-order valence-corrected chi connectivity index (χ2v) is 7.43. The molecule has 10 heteroatoms. The highest BCUT2D eigenvalue weighted by Gasteiger charge is 2.45. The van der Waals surface area contributed by atoms with Crippen LogP contribution in [0.5, 0.6) is 0 Å². The highest BCUT2D eigenvalue weighted by Crippen LogP contribution is 2.43. The van der Waals surface area contributed by atoms with E-state index in [1.54, 1.807) is 41.6 Å². The number of nitrogens with zero attached hydrogens (tertiary/aromatic N) is 5. The fraction of sp³-hybridized carbons (Fsp3) is 0.350. The Kier molecular flexibility index (Phi) is 4.50. The third-order valence-electron chi connectivity index (χ3n) is 5.45. The average molecular weight is 413 g/mol. The number of carbonyl (C=O) groups is 1. The smallest absolute Gasteiger partial charge is 0.314 e. The normalized spacial score (nSPS) is 18.0. The lowest BCUT2D eigenvalue weighted by Gasteiger charge is -2.31. The van der Waals surface area contributed by atoms with Crippen LogP contribution in [0.1, 0.15) is 53.0 Å². The zero-order valence-electron chi connectivity index (χ0n) is 15.7. The molecule has 8 nitrogen and oxygen atoms in total. The number of aliphatic hydroxyl groups excluding tert-OH is 1. The van der Waals surface area contributed by atoms with E-state index in [-0.39, 0.29) is 23.5 Å². The van der Waals surface area contributed by atoms with Crippen molar-refractivity contribution in [2.24, 2.45) is 5.92 Å². The van der Waals surface area contributed by atoms with Crippen molar-refractivity contribution in [1.82, 2.24) is 25.1 Å². The van der Waals surface area contributed by atoms with Crippen molar-refractivity contribution in [2.75, 3.05) is 0 Å². The van der Waals surface area contributed by atoms with Gasteiger partial charge in [0.05, 0.1) is 6.04 Å². The van der Waals surface area contributed by atoms with Gasteiger partial charge in [0.1, 0.15) is 6.10 Å². The number of alkyl halides is 2. The molecule has 5 rings (SSSR count). The lowest BCUT2D eigenvalue weighted by Crippen LogP contribution is -2.42. The monoisotopic (exact) mass is 413 g/mol. The fourth-order valence-corrected chi connectivity index (χ4v) is 3.87. The molecule has 1 aliphatic heterocycles. The van der Waals surface area contributed by atoms with Crippen LogP contribution in [0, 0.1) is 5.92 Å². The second-order valence-electron chi connectivity index (χ2n) is 7.43. The number of benzene rings is 1. The minimum atomic E-state index is -2.86. The molecule has 1 amide bonds. The van der Waals surface area contributed by atoms with E-state index >= 15 is 0 Å². The van der Waals surface area contributed by atoms with Gasteiger partial charge < -0.3 is 14.4 Å². The number of carbonyl (C=O) groups excluding carboxylic acids is 1. The van der Waals surface area contributed by atoms with Crippen LogP contribution in [0.4, 0.5) is 8.78 Å². The zero-order chi connectivity index (χ0) is 20.8. The molecule has 3 heterocycles. The number of hydrogen-bond acceptors (Lipinski definition) is 7. The van der Waals surface area contributed by atoms with Gasteiger partial charge in [-0.25, -0.2) is 9.97 Å². The van der Waals surface area contributed by atoms with Gasteiger partial charge in [0.25, 0.3) is 11.8 Å². The van der Waals surface area contributed by atoms with E-state index in [9.17, 15) is 18.7 Å². The first kappa shape index (κ1) is 18.7. The van der Waals surface area contributed by atoms with Crippen molar-refractivity contribution >= 4 is 5.91 Å². The van der Waals surface area contributed by atoms with Crippen LogP contribution >= 0.6 is 0 Å². The molecule has 0 unspecified atom stereocenters. The molecule has 0 radical (unpaired) electrons. The molecule has 1 N–H and O–H groups in total. The summed E-state index contributed by atoms with van der Waals surface area (Å²) >= 11 is 0. The number of aliphatic hydroxyl groups is 1. The van der Waals surface area contributed by atoms with Crippen LogP contribution in [-0.2, 0) is 6.54 Å². The lowest BCUT2D eigenvalue weighted by molar-refractivity contribution is 0.0259. The highest BCUT2D eigenvalue weighted by atomic mass is 19.3. The molecule has 1 aromatic carbocycles. The Morgan fingerprint density at radius 2 is 1.93 bits per heavy atom. The molecule has 0 spiro atoms. The Morgan fingerprint density at radius 1 is 1.17 bits per heavy atom. The number of fused-ring (bicyclic) bond motifs is 1. The molecule has 2 atom stereocenters. The summed E-state index contributed by atoms with van der Waals surface area (Å²) < 4.78 is 30.4. The van der Waals surface area contributed by atoms with E-state index in [1.165, 1.54) is 0 Å². The number of amides is 1. The topological polar surface area (TPSA) is 105 Å². The van der Waals surface area contributed by atoms with Gasteiger partial charge in [-0.1, -0.05) is 6.07 Å². The maximum Gasteiger partial charge on any atom is 0.314 e. The van der Waals surface area contributed by atoms with Crippen molar-refractivity contribution in [3.05, 3.63) is 59.5 Å². The highest BCUT2D eigenvalue weighted by molar-refractivity contribution is 5.99. The first-order valence-corrected chi connectivity index (χ1v) is 9.53. The van der Waals surface area contributed by atoms with Gasteiger partial charge in [0, 0.05) is 30.1 Å². The van der Waals surface area contributed by atoms with Crippen LogP contribution in [0.25, 0.3) is 11.5 Å². The van der Waals surface area contributed by atoms with Gasteiger partial charge in [-0.05, 0) is 42.5 Å². The minimum absolute atomic E-state index is 0.0733. The van der Waals surface area contributed by atoms with E-state index in [2.05, 4.69) is 20.2 Å². The van der Waals surface area contributed by atoms with E-state index in [1.807, 2.05) is 0 Å². The molecule has 3 aromatic rings. The van der Waals surface area contributed by atoms with Crippen LogP contribution in [0.15, 0.2) is 41.1 Å². The number of aromatic nitrogens is 4. The van der Waals surface area contributed by atoms with Crippen molar-refractivity contribution in [3.63, 3.8) is 0 Å². The maximum atomic E-state index is 13.2. The van der Waals surface area contributed by atoms with E-state index < -0.39 is 24.5 Å². The van der Waals surface area contributed by atoms with Gasteiger partial charge >= 0.3 is 6.43 Å². The largest absolute Gasteiger partial charge is 0.415 e. The van der Waals surface area contributed by atoms with E-state index in [0.29, 0.717) is 17.7 Å². The maximum absolute atomic E-state index is 13.2. The van der Waals surface area contributed by atoms with Gasteiger partial charge in [-0.3, -0.25) is 4.79 Å². The average Bonchev–Trinajstić information content (AvgIpc) is 3.36. The van der Waals surface area contributed by atoms with Crippen molar-refractivity contribution < 1.29 is 23.1 Å². The van der Waals surface area contributed by atoms with Gasteiger partial charge in [-0.2, -0.15) is 8.78 Å². The Balaban J connectivity index is 1.44. The number of hydrogen-bond donors (Lipinski definition) is 1. The third-order valence-corrected chi connectivity index (χ3v) is 5.45. The summed E-state index contributed by atoms with van der Waals surface area (Å²) in [5.74, 6) is -0.628. The molecule has 1 fully saturated rings. The van der Waals surface area contributed by atoms with Crippen LogP contribution in [0.2, 0.25) is 0 Å². The van der Waals surface area contributed by atoms with Crippen LogP contribution in [0.3, 0.4) is 0 Å². The van der Waals surface area contributed by atoms with E-state index in [4.69, 9.17) is 4.42 Å². The first-order chi connectivity index (χ1) is 14.5.